The van der Waals surface area contributed by atoms with Gasteiger partial charge in [0.15, 0.2) is 0 Å². The highest BCUT2D eigenvalue weighted by Gasteiger charge is 2.26. The second-order valence-electron chi connectivity index (χ2n) is 9.36. The van der Waals surface area contributed by atoms with Gasteiger partial charge in [-0.2, -0.15) is 0 Å². The van der Waals surface area contributed by atoms with Crippen LogP contribution in [0.2, 0.25) is 0 Å². The largest absolute Gasteiger partial charge is 0.367 e. The Morgan fingerprint density at radius 3 is 2.59 bits per heavy atom. The van der Waals surface area contributed by atoms with Gasteiger partial charge in [0.05, 0.1) is 15.9 Å². The molecule has 4 heterocycles. The highest BCUT2D eigenvalue weighted by molar-refractivity contribution is 7.14. The lowest BCUT2D eigenvalue weighted by Gasteiger charge is -2.32. The number of thiophene rings is 1. The number of para-hydroxylation sites is 2. The van der Waals surface area contributed by atoms with Crippen molar-refractivity contribution in [1.82, 2.24) is 19.4 Å². The average Bonchev–Trinajstić information content (AvgIpc) is 3.45. The minimum atomic E-state index is 0.197. The molecule has 2 aromatic heterocycles. The fraction of sp³-hybridized carbons (Fsp3) is 0.333. The smallest absolute Gasteiger partial charge is 0.264 e. The first kappa shape index (κ1) is 21.4. The van der Waals surface area contributed by atoms with E-state index in [-0.39, 0.29) is 5.91 Å². The van der Waals surface area contributed by atoms with E-state index in [4.69, 9.17) is 4.98 Å². The standard InChI is InChI=1S/C27H29N5OS/c1-29-12-14-31(15-13-29)27(33)25-17-20-18-32(11-10-24(20)34-25)21-7-5-6-19(16-21)26-28-22-8-3-4-9-23(22)30(26)2/h3-9,16-17H,10-15,18H2,1-2H3. The number of carbonyl (C=O) groups excluding carboxylic acids is 1. The molecule has 1 fully saturated rings. The number of nitrogens with zero attached hydrogens (tertiary/aromatic N) is 5. The van der Waals surface area contributed by atoms with Crippen molar-refractivity contribution in [2.24, 2.45) is 7.05 Å². The van der Waals surface area contributed by atoms with Gasteiger partial charge in [-0.25, -0.2) is 4.98 Å². The second kappa shape index (κ2) is 8.56. The lowest BCUT2D eigenvalue weighted by molar-refractivity contribution is 0.0669. The summed E-state index contributed by atoms with van der Waals surface area (Å²) >= 11 is 1.69. The Morgan fingerprint density at radius 2 is 1.76 bits per heavy atom. The summed E-state index contributed by atoms with van der Waals surface area (Å²) in [5.74, 6) is 1.18. The molecule has 6 rings (SSSR count). The molecule has 2 aromatic carbocycles. The van der Waals surface area contributed by atoms with Crippen molar-refractivity contribution in [1.29, 1.82) is 0 Å². The number of imidazole rings is 1. The van der Waals surface area contributed by atoms with E-state index in [2.05, 4.69) is 77.0 Å². The van der Waals surface area contributed by atoms with Crippen LogP contribution in [0.1, 0.15) is 20.1 Å². The summed E-state index contributed by atoms with van der Waals surface area (Å²) in [5, 5.41) is 0. The summed E-state index contributed by atoms with van der Waals surface area (Å²) in [6.45, 7) is 5.34. The zero-order chi connectivity index (χ0) is 23.2. The molecule has 0 radical (unpaired) electrons. The topological polar surface area (TPSA) is 44.6 Å². The van der Waals surface area contributed by atoms with Crippen molar-refractivity contribution >= 4 is 34.0 Å². The SMILES string of the molecule is CN1CCN(C(=O)c2cc3c(s2)CCN(c2cccc(-c4nc5ccccc5n4C)c2)C3)CC1. The van der Waals surface area contributed by atoms with Crippen molar-refractivity contribution in [2.45, 2.75) is 13.0 Å². The number of hydrogen-bond donors (Lipinski definition) is 0. The molecule has 0 spiro atoms. The molecule has 1 saturated heterocycles. The van der Waals surface area contributed by atoms with Crippen LogP contribution >= 0.6 is 11.3 Å². The molecular formula is C27H29N5OS. The third-order valence-corrected chi connectivity index (χ3v) is 8.35. The van der Waals surface area contributed by atoms with Gasteiger partial charge in [-0.05, 0) is 49.4 Å². The molecule has 6 nitrogen and oxygen atoms in total. The van der Waals surface area contributed by atoms with Gasteiger partial charge in [0.25, 0.3) is 5.91 Å². The fourth-order valence-electron chi connectivity index (χ4n) is 5.07. The number of anilines is 1. The summed E-state index contributed by atoms with van der Waals surface area (Å²) in [6, 6.07) is 19.1. The molecule has 0 atom stereocenters. The molecule has 7 heteroatoms. The quantitative estimate of drug-likeness (QED) is 0.448. The van der Waals surface area contributed by atoms with Gasteiger partial charge >= 0.3 is 0 Å². The van der Waals surface area contributed by atoms with Crippen molar-refractivity contribution in [3.63, 3.8) is 0 Å². The zero-order valence-corrected chi connectivity index (χ0v) is 20.5. The number of amides is 1. The minimum absolute atomic E-state index is 0.197. The van der Waals surface area contributed by atoms with Crippen LogP contribution in [0.4, 0.5) is 5.69 Å². The van der Waals surface area contributed by atoms with Crippen molar-refractivity contribution in [3.05, 3.63) is 69.9 Å². The van der Waals surface area contributed by atoms with Gasteiger partial charge in [0.1, 0.15) is 5.82 Å². The maximum absolute atomic E-state index is 13.1. The van der Waals surface area contributed by atoms with E-state index < -0.39 is 0 Å². The molecule has 2 aliphatic rings. The summed E-state index contributed by atoms with van der Waals surface area (Å²) in [5.41, 5.74) is 5.78. The minimum Gasteiger partial charge on any atom is -0.367 e. The predicted octanol–water partition coefficient (Wildman–Crippen LogP) is 4.25. The first-order valence-corrected chi connectivity index (χ1v) is 12.7. The Labute approximate surface area is 204 Å². The average molecular weight is 472 g/mol. The van der Waals surface area contributed by atoms with E-state index in [9.17, 15) is 4.79 Å². The number of rotatable bonds is 3. The van der Waals surface area contributed by atoms with E-state index >= 15 is 0 Å². The van der Waals surface area contributed by atoms with Gasteiger partial charge in [-0.1, -0.05) is 24.3 Å². The summed E-state index contributed by atoms with van der Waals surface area (Å²) in [7, 11) is 4.19. The number of piperazine rings is 1. The van der Waals surface area contributed by atoms with Crippen molar-refractivity contribution < 1.29 is 4.79 Å². The third kappa shape index (κ3) is 3.79. The highest BCUT2D eigenvalue weighted by Crippen LogP contribution is 2.33. The Morgan fingerprint density at radius 1 is 0.941 bits per heavy atom. The molecule has 4 aromatic rings. The number of fused-ring (bicyclic) bond motifs is 2. The highest BCUT2D eigenvalue weighted by atomic mass is 32.1. The van der Waals surface area contributed by atoms with Crippen LogP contribution in [0.5, 0.6) is 0 Å². The summed E-state index contributed by atoms with van der Waals surface area (Å²) in [6.07, 6.45) is 0.979. The Balaban J connectivity index is 1.23. The maximum atomic E-state index is 13.1. The second-order valence-corrected chi connectivity index (χ2v) is 10.5. The lowest BCUT2D eigenvalue weighted by atomic mass is 10.1. The van der Waals surface area contributed by atoms with Gasteiger partial charge in [-0.3, -0.25) is 4.79 Å². The molecular weight excluding hydrogens is 442 g/mol. The van der Waals surface area contributed by atoms with Crippen molar-refractivity contribution in [2.75, 3.05) is 44.7 Å². The molecule has 174 valence electrons. The van der Waals surface area contributed by atoms with Gasteiger partial charge in [-0.15, -0.1) is 11.3 Å². The third-order valence-electron chi connectivity index (χ3n) is 7.12. The van der Waals surface area contributed by atoms with Crippen molar-refractivity contribution in [3.8, 4) is 11.4 Å². The number of benzene rings is 2. The van der Waals surface area contributed by atoms with Crippen LogP contribution in [0.15, 0.2) is 54.6 Å². The molecule has 0 unspecified atom stereocenters. The molecule has 2 aliphatic heterocycles. The molecule has 0 saturated carbocycles. The van der Waals surface area contributed by atoms with Crippen LogP contribution in [0, 0.1) is 0 Å². The van der Waals surface area contributed by atoms with Crippen LogP contribution in [0.3, 0.4) is 0 Å². The van der Waals surface area contributed by atoms with Crippen LogP contribution in [-0.2, 0) is 20.0 Å². The first-order valence-electron chi connectivity index (χ1n) is 11.9. The van der Waals surface area contributed by atoms with E-state index in [1.54, 1.807) is 11.3 Å². The summed E-state index contributed by atoms with van der Waals surface area (Å²) in [4.78, 5) is 26.9. The number of carbonyl (C=O) groups is 1. The lowest BCUT2D eigenvalue weighted by Crippen LogP contribution is -2.46. The van der Waals surface area contributed by atoms with E-state index in [1.807, 2.05) is 11.0 Å². The van der Waals surface area contributed by atoms with Crippen LogP contribution in [-0.4, -0.2) is 65.0 Å². The molecule has 0 aliphatic carbocycles. The number of aromatic nitrogens is 2. The van der Waals surface area contributed by atoms with Crippen LogP contribution < -0.4 is 4.90 Å². The van der Waals surface area contributed by atoms with Gasteiger partial charge in [0, 0.05) is 62.4 Å². The Bertz CT molecular complexity index is 1360. The molecule has 0 N–H and O–H groups in total. The van der Waals surface area contributed by atoms with Gasteiger partial charge < -0.3 is 19.3 Å². The monoisotopic (exact) mass is 471 g/mol. The van der Waals surface area contributed by atoms with E-state index in [1.165, 1.54) is 16.1 Å². The van der Waals surface area contributed by atoms with Gasteiger partial charge in [0.2, 0.25) is 0 Å². The summed E-state index contributed by atoms with van der Waals surface area (Å²) < 4.78 is 2.16. The van der Waals surface area contributed by atoms with E-state index in [0.717, 1.165) is 73.0 Å². The Hall–Kier alpha value is -3.16. The number of aryl methyl sites for hydroxylation is 1. The predicted molar refractivity (Wildman–Crippen MR) is 139 cm³/mol. The van der Waals surface area contributed by atoms with Crippen LogP contribution in [0.25, 0.3) is 22.4 Å². The number of hydrogen-bond acceptors (Lipinski definition) is 5. The molecule has 1 amide bonds. The number of likely N-dealkylation sites (N-methyl/N-ethyl adjacent to an activating group) is 1. The molecule has 0 bridgehead atoms. The Kier molecular flexibility index (Phi) is 5.38. The zero-order valence-electron chi connectivity index (χ0n) is 19.7. The van der Waals surface area contributed by atoms with E-state index in [0.29, 0.717) is 0 Å². The fourth-order valence-corrected chi connectivity index (χ4v) is 6.20. The first-order chi connectivity index (χ1) is 16.6. The maximum Gasteiger partial charge on any atom is 0.264 e. The normalized spacial score (nSPS) is 16.8. The molecule has 34 heavy (non-hydrogen) atoms.